The van der Waals surface area contributed by atoms with Crippen molar-refractivity contribution in [3.63, 3.8) is 0 Å². The fourth-order valence-electron chi connectivity index (χ4n) is 0.870. The number of methoxy groups -OCH3 is 1. The van der Waals surface area contributed by atoms with E-state index in [2.05, 4.69) is 17.9 Å². The summed E-state index contributed by atoms with van der Waals surface area (Å²) in [5, 5.41) is 0. The van der Waals surface area contributed by atoms with Gasteiger partial charge < -0.3 is 9.47 Å². The zero-order valence-corrected chi connectivity index (χ0v) is 7.99. The molecule has 1 atom stereocenters. The van der Waals surface area contributed by atoms with Crippen molar-refractivity contribution in [1.29, 1.82) is 0 Å². The molecule has 13 heavy (non-hydrogen) atoms. The van der Waals surface area contributed by atoms with Crippen LogP contribution >= 0.6 is 0 Å². The van der Waals surface area contributed by atoms with Gasteiger partial charge in [-0.15, -0.1) is 13.2 Å². The Bertz CT molecular complexity index is 175. The monoisotopic (exact) mass is 184 g/mol. The number of carbonyl (C=O) groups excluding carboxylic acids is 1. The summed E-state index contributed by atoms with van der Waals surface area (Å²) in [5.74, 6) is -0.268. The van der Waals surface area contributed by atoms with Crippen LogP contribution < -0.4 is 0 Å². The van der Waals surface area contributed by atoms with Gasteiger partial charge in [-0.25, -0.2) is 0 Å². The number of rotatable bonds is 7. The van der Waals surface area contributed by atoms with Crippen molar-refractivity contribution in [2.75, 3.05) is 13.7 Å². The van der Waals surface area contributed by atoms with Crippen molar-refractivity contribution in [2.24, 2.45) is 0 Å². The first-order valence-electron chi connectivity index (χ1n) is 4.14. The third kappa shape index (κ3) is 6.11. The van der Waals surface area contributed by atoms with E-state index in [1.54, 1.807) is 12.2 Å². The quantitative estimate of drug-likeness (QED) is 0.446. The molecular weight excluding hydrogens is 168 g/mol. The Kier molecular flexibility index (Phi) is 6.92. The van der Waals surface area contributed by atoms with E-state index in [-0.39, 0.29) is 18.5 Å². The van der Waals surface area contributed by atoms with E-state index >= 15 is 0 Å². The van der Waals surface area contributed by atoms with Crippen molar-refractivity contribution in [2.45, 2.75) is 18.9 Å². The summed E-state index contributed by atoms with van der Waals surface area (Å²) in [6, 6.07) is 0. The van der Waals surface area contributed by atoms with E-state index in [9.17, 15) is 4.79 Å². The molecule has 0 spiro atoms. The molecule has 0 aliphatic heterocycles. The van der Waals surface area contributed by atoms with Crippen molar-refractivity contribution >= 4 is 5.97 Å². The van der Waals surface area contributed by atoms with E-state index in [1.807, 2.05) is 0 Å². The van der Waals surface area contributed by atoms with E-state index in [0.717, 1.165) is 0 Å². The van der Waals surface area contributed by atoms with Crippen LogP contribution in [0.15, 0.2) is 25.3 Å². The van der Waals surface area contributed by atoms with Crippen LogP contribution in [0.3, 0.4) is 0 Å². The van der Waals surface area contributed by atoms with Crippen LogP contribution in [0.2, 0.25) is 0 Å². The molecule has 0 amide bonds. The van der Waals surface area contributed by atoms with Crippen LogP contribution in [0.25, 0.3) is 0 Å². The molecule has 74 valence electrons. The Morgan fingerprint density at radius 3 is 2.62 bits per heavy atom. The van der Waals surface area contributed by atoms with Gasteiger partial charge in [0.25, 0.3) is 0 Å². The number of ether oxygens (including phenoxy) is 2. The highest BCUT2D eigenvalue weighted by atomic mass is 16.5. The molecule has 0 aromatic rings. The van der Waals surface area contributed by atoms with Crippen molar-refractivity contribution in [1.82, 2.24) is 0 Å². The smallest absolute Gasteiger partial charge is 0.308 e. The Labute approximate surface area is 79.0 Å². The van der Waals surface area contributed by atoms with Crippen LogP contribution in [0.1, 0.15) is 12.8 Å². The lowest BCUT2D eigenvalue weighted by Gasteiger charge is -2.13. The van der Waals surface area contributed by atoms with Gasteiger partial charge in [0.1, 0.15) is 0 Å². The fourth-order valence-corrected chi connectivity index (χ4v) is 0.870. The average Bonchev–Trinajstić information content (AvgIpc) is 2.14. The van der Waals surface area contributed by atoms with E-state index in [0.29, 0.717) is 13.0 Å². The Balaban J connectivity index is 3.84. The number of esters is 1. The first-order valence-corrected chi connectivity index (χ1v) is 4.14. The molecule has 1 unspecified atom stereocenters. The van der Waals surface area contributed by atoms with Gasteiger partial charge in [-0.3, -0.25) is 4.79 Å². The van der Waals surface area contributed by atoms with E-state index < -0.39 is 0 Å². The molecule has 0 fully saturated rings. The summed E-state index contributed by atoms with van der Waals surface area (Å²) >= 11 is 0. The molecule has 0 radical (unpaired) electrons. The molecule has 0 aliphatic rings. The minimum absolute atomic E-state index is 0.150. The molecular formula is C10H16O3. The predicted molar refractivity (Wildman–Crippen MR) is 51.4 cm³/mol. The van der Waals surface area contributed by atoms with E-state index in [1.165, 1.54) is 7.11 Å². The van der Waals surface area contributed by atoms with Gasteiger partial charge in [-0.1, -0.05) is 12.2 Å². The Hall–Kier alpha value is -1.09. The van der Waals surface area contributed by atoms with E-state index in [4.69, 9.17) is 4.74 Å². The average molecular weight is 184 g/mol. The topological polar surface area (TPSA) is 35.5 Å². The summed E-state index contributed by atoms with van der Waals surface area (Å²) in [6.07, 6.45) is 4.12. The maximum atomic E-state index is 10.9. The number of carbonyl (C=O) groups is 1. The Morgan fingerprint density at radius 1 is 1.46 bits per heavy atom. The molecule has 0 N–H and O–H groups in total. The number of hydrogen-bond acceptors (Lipinski definition) is 3. The Morgan fingerprint density at radius 2 is 2.15 bits per heavy atom. The standard InChI is InChI=1S/C10H16O3/c1-4-6-9(13-7-5-2)8-10(11)12-3/h4-5,9H,1-2,6-8H2,3H3. The lowest BCUT2D eigenvalue weighted by atomic mass is 10.2. The molecule has 0 saturated heterocycles. The molecule has 0 heterocycles. The van der Waals surface area contributed by atoms with Crippen molar-refractivity contribution in [3.8, 4) is 0 Å². The SMILES string of the molecule is C=CCOC(CC=C)CC(=O)OC. The molecule has 0 rings (SSSR count). The van der Waals surface area contributed by atoms with Gasteiger partial charge >= 0.3 is 5.97 Å². The third-order valence-corrected chi connectivity index (χ3v) is 1.50. The second-order valence-electron chi connectivity index (χ2n) is 2.55. The number of hydrogen-bond donors (Lipinski definition) is 0. The second-order valence-corrected chi connectivity index (χ2v) is 2.55. The lowest BCUT2D eigenvalue weighted by Crippen LogP contribution is -2.18. The highest BCUT2D eigenvalue weighted by Crippen LogP contribution is 2.05. The minimum Gasteiger partial charge on any atom is -0.469 e. The van der Waals surface area contributed by atoms with Crippen molar-refractivity contribution in [3.05, 3.63) is 25.3 Å². The van der Waals surface area contributed by atoms with Crippen LogP contribution in [-0.4, -0.2) is 25.8 Å². The highest BCUT2D eigenvalue weighted by molar-refractivity contribution is 5.69. The van der Waals surface area contributed by atoms with Crippen LogP contribution in [0.4, 0.5) is 0 Å². The summed E-state index contributed by atoms with van der Waals surface area (Å²) in [4.78, 5) is 10.9. The second kappa shape index (κ2) is 7.55. The molecule has 3 nitrogen and oxygen atoms in total. The molecule has 0 saturated carbocycles. The first-order chi connectivity index (χ1) is 6.24. The third-order valence-electron chi connectivity index (χ3n) is 1.50. The maximum absolute atomic E-state index is 10.9. The molecule has 0 bridgehead atoms. The predicted octanol–water partition coefficient (Wildman–Crippen LogP) is 1.70. The molecule has 0 aromatic heterocycles. The minimum atomic E-state index is -0.268. The lowest BCUT2D eigenvalue weighted by molar-refractivity contribution is -0.143. The van der Waals surface area contributed by atoms with Crippen LogP contribution in [0.5, 0.6) is 0 Å². The van der Waals surface area contributed by atoms with Crippen LogP contribution in [-0.2, 0) is 14.3 Å². The molecule has 3 heteroatoms. The molecule has 0 aliphatic carbocycles. The summed E-state index contributed by atoms with van der Waals surface area (Å²) < 4.78 is 9.84. The van der Waals surface area contributed by atoms with Gasteiger partial charge in [0.15, 0.2) is 0 Å². The largest absolute Gasteiger partial charge is 0.469 e. The fraction of sp³-hybridized carbons (Fsp3) is 0.500. The van der Waals surface area contributed by atoms with Gasteiger partial charge in [0, 0.05) is 0 Å². The zero-order valence-electron chi connectivity index (χ0n) is 7.99. The van der Waals surface area contributed by atoms with Crippen LogP contribution in [0, 0.1) is 0 Å². The van der Waals surface area contributed by atoms with Gasteiger partial charge in [-0.05, 0) is 6.42 Å². The van der Waals surface area contributed by atoms with Gasteiger partial charge in [0.2, 0.25) is 0 Å². The molecule has 0 aromatic carbocycles. The zero-order chi connectivity index (χ0) is 10.1. The van der Waals surface area contributed by atoms with Crippen molar-refractivity contribution < 1.29 is 14.3 Å². The maximum Gasteiger partial charge on any atom is 0.308 e. The highest BCUT2D eigenvalue weighted by Gasteiger charge is 2.12. The van der Waals surface area contributed by atoms with Gasteiger partial charge in [0.05, 0.1) is 26.2 Å². The van der Waals surface area contributed by atoms with Gasteiger partial charge in [-0.2, -0.15) is 0 Å². The summed E-state index contributed by atoms with van der Waals surface area (Å²) in [5.41, 5.74) is 0. The summed E-state index contributed by atoms with van der Waals surface area (Å²) in [7, 11) is 1.36. The summed E-state index contributed by atoms with van der Waals surface area (Å²) in [6.45, 7) is 7.55. The first kappa shape index (κ1) is 11.9. The normalized spacial score (nSPS) is 11.8.